The predicted octanol–water partition coefficient (Wildman–Crippen LogP) is 2.31. The molecule has 118 valence electrons. The molecule has 0 spiro atoms. The largest absolute Gasteiger partial charge is 0.371 e. The monoisotopic (exact) mass is 321 g/mol. The predicted molar refractivity (Wildman–Crippen MR) is 83.5 cm³/mol. The van der Waals surface area contributed by atoms with E-state index in [1.165, 1.54) is 0 Å². The van der Waals surface area contributed by atoms with Gasteiger partial charge in [0.1, 0.15) is 0 Å². The minimum atomic E-state index is -0.00189. The number of aromatic nitrogens is 4. The number of halogens is 1. The van der Waals surface area contributed by atoms with Crippen LogP contribution >= 0.6 is 11.6 Å². The van der Waals surface area contributed by atoms with Crippen molar-refractivity contribution in [1.82, 2.24) is 25.1 Å². The Bertz CT molecular complexity index is 617. The summed E-state index contributed by atoms with van der Waals surface area (Å²) in [5, 5.41) is 12.7. The molecular weight excluding hydrogens is 302 g/mol. The molecule has 1 atom stereocenters. The number of ether oxygens (including phenoxy) is 1. The number of hydrogen-bond acceptors (Lipinski definition) is 5. The summed E-state index contributed by atoms with van der Waals surface area (Å²) < 4.78 is 7.76. The van der Waals surface area contributed by atoms with Crippen molar-refractivity contribution in [1.29, 1.82) is 0 Å². The van der Waals surface area contributed by atoms with E-state index < -0.39 is 0 Å². The van der Waals surface area contributed by atoms with Gasteiger partial charge in [-0.2, -0.15) is 0 Å². The third kappa shape index (κ3) is 3.45. The lowest BCUT2D eigenvalue weighted by atomic mass is 10.1. The van der Waals surface area contributed by atoms with E-state index in [1.807, 2.05) is 28.9 Å². The van der Waals surface area contributed by atoms with Gasteiger partial charge < -0.3 is 4.74 Å². The van der Waals surface area contributed by atoms with Crippen LogP contribution in [0.15, 0.2) is 24.3 Å². The molecule has 0 aliphatic carbocycles. The summed E-state index contributed by atoms with van der Waals surface area (Å²) in [6, 6.07) is 7.86. The molecule has 0 amide bonds. The first-order valence-electron chi connectivity index (χ1n) is 7.61. The number of tetrazole rings is 1. The Morgan fingerprint density at radius 2 is 2.23 bits per heavy atom. The summed E-state index contributed by atoms with van der Waals surface area (Å²) in [7, 11) is 0. The molecule has 6 nitrogen and oxygen atoms in total. The van der Waals surface area contributed by atoms with Crippen LogP contribution in [0.5, 0.6) is 0 Å². The Morgan fingerprint density at radius 1 is 1.36 bits per heavy atom. The highest BCUT2D eigenvalue weighted by atomic mass is 35.5. The lowest BCUT2D eigenvalue weighted by molar-refractivity contribution is -0.0340. The van der Waals surface area contributed by atoms with Crippen molar-refractivity contribution in [3.63, 3.8) is 0 Å². The summed E-state index contributed by atoms with van der Waals surface area (Å²) in [5.74, 6) is 0.904. The molecule has 22 heavy (non-hydrogen) atoms. The normalized spacial score (nSPS) is 19.5. The standard InChI is InChI=1S/C15H20ClN5O/c1-2-7-21-15(17-18-19-21)11-20-8-9-22-14(10-20)12-5-3-4-6-13(12)16/h3-6,14H,2,7-11H2,1H3. The van der Waals surface area contributed by atoms with Crippen LogP contribution in [0, 0.1) is 0 Å². The molecule has 3 rings (SSSR count). The summed E-state index contributed by atoms with van der Waals surface area (Å²) in [6.07, 6.45) is 1.02. The smallest absolute Gasteiger partial charge is 0.165 e. The van der Waals surface area contributed by atoms with Gasteiger partial charge in [-0.25, -0.2) is 4.68 Å². The van der Waals surface area contributed by atoms with Gasteiger partial charge in [0.25, 0.3) is 0 Å². The zero-order chi connectivity index (χ0) is 15.4. The van der Waals surface area contributed by atoms with Gasteiger partial charge in [0.15, 0.2) is 5.82 Å². The van der Waals surface area contributed by atoms with Gasteiger partial charge in [0.05, 0.1) is 19.3 Å². The molecule has 1 unspecified atom stereocenters. The minimum absolute atomic E-state index is 0.00189. The van der Waals surface area contributed by atoms with Crippen LogP contribution in [0.3, 0.4) is 0 Å². The number of nitrogens with zero attached hydrogens (tertiary/aromatic N) is 5. The van der Waals surface area contributed by atoms with Crippen molar-refractivity contribution in [2.24, 2.45) is 0 Å². The van der Waals surface area contributed by atoms with E-state index in [2.05, 4.69) is 27.3 Å². The van der Waals surface area contributed by atoms with Gasteiger partial charge in [0.2, 0.25) is 0 Å². The van der Waals surface area contributed by atoms with Crippen LogP contribution in [0.1, 0.15) is 30.8 Å². The molecule has 0 radical (unpaired) electrons. The van der Waals surface area contributed by atoms with Crippen LogP contribution in [0.25, 0.3) is 0 Å². The highest BCUT2D eigenvalue weighted by molar-refractivity contribution is 6.31. The number of benzene rings is 1. The maximum atomic E-state index is 6.28. The molecule has 1 aliphatic rings. The summed E-state index contributed by atoms with van der Waals surface area (Å²) in [5.41, 5.74) is 1.04. The van der Waals surface area contributed by atoms with Crippen LogP contribution in [-0.4, -0.2) is 44.8 Å². The van der Waals surface area contributed by atoms with Crippen LogP contribution in [0.4, 0.5) is 0 Å². The van der Waals surface area contributed by atoms with Crippen molar-refractivity contribution >= 4 is 11.6 Å². The topological polar surface area (TPSA) is 56.1 Å². The fourth-order valence-corrected chi connectivity index (χ4v) is 2.95. The van der Waals surface area contributed by atoms with E-state index >= 15 is 0 Å². The Kier molecular flexibility index (Phi) is 5.02. The molecule has 2 aromatic rings. The SMILES string of the molecule is CCCn1nnnc1CN1CCOC(c2ccccc2Cl)C1. The molecule has 0 N–H and O–H groups in total. The quantitative estimate of drug-likeness (QED) is 0.846. The maximum absolute atomic E-state index is 6.28. The zero-order valence-corrected chi connectivity index (χ0v) is 13.4. The number of aryl methyl sites for hydroxylation is 1. The first-order valence-corrected chi connectivity index (χ1v) is 7.99. The molecule has 2 heterocycles. The zero-order valence-electron chi connectivity index (χ0n) is 12.7. The first kappa shape index (κ1) is 15.4. The third-order valence-electron chi connectivity index (χ3n) is 3.81. The van der Waals surface area contributed by atoms with Gasteiger partial charge in [-0.15, -0.1) is 5.10 Å². The van der Waals surface area contributed by atoms with E-state index in [-0.39, 0.29) is 6.10 Å². The van der Waals surface area contributed by atoms with Crippen LogP contribution < -0.4 is 0 Å². The summed E-state index contributed by atoms with van der Waals surface area (Å²) in [6.45, 7) is 6.06. The first-order chi connectivity index (χ1) is 10.8. The molecule has 1 saturated heterocycles. The van der Waals surface area contributed by atoms with E-state index in [4.69, 9.17) is 16.3 Å². The second-order valence-electron chi connectivity index (χ2n) is 5.43. The van der Waals surface area contributed by atoms with Gasteiger partial charge in [-0.3, -0.25) is 4.90 Å². The third-order valence-corrected chi connectivity index (χ3v) is 4.15. The second-order valence-corrected chi connectivity index (χ2v) is 5.84. The number of morpholine rings is 1. The highest BCUT2D eigenvalue weighted by Crippen LogP contribution is 2.28. The van der Waals surface area contributed by atoms with Gasteiger partial charge in [0, 0.05) is 30.2 Å². The van der Waals surface area contributed by atoms with E-state index in [0.29, 0.717) is 6.61 Å². The van der Waals surface area contributed by atoms with E-state index in [0.717, 1.165) is 49.0 Å². The van der Waals surface area contributed by atoms with Crippen molar-refractivity contribution in [3.05, 3.63) is 40.7 Å². The second kappa shape index (κ2) is 7.17. The lowest BCUT2D eigenvalue weighted by Gasteiger charge is -2.33. The Morgan fingerprint density at radius 3 is 3.05 bits per heavy atom. The summed E-state index contributed by atoms with van der Waals surface area (Å²) in [4.78, 5) is 2.31. The highest BCUT2D eigenvalue weighted by Gasteiger charge is 2.24. The van der Waals surface area contributed by atoms with Crippen molar-refractivity contribution < 1.29 is 4.74 Å². The minimum Gasteiger partial charge on any atom is -0.371 e. The van der Waals surface area contributed by atoms with Crippen molar-refractivity contribution in [2.75, 3.05) is 19.7 Å². The average molecular weight is 322 g/mol. The van der Waals surface area contributed by atoms with Crippen LogP contribution in [0.2, 0.25) is 5.02 Å². The Hall–Kier alpha value is -1.50. The Labute approximate surface area is 135 Å². The van der Waals surface area contributed by atoms with Crippen molar-refractivity contribution in [3.8, 4) is 0 Å². The molecule has 0 saturated carbocycles. The number of hydrogen-bond donors (Lipinski definition) is 0. The molecule has 1 aromatic heterocycles. The van der Waals surface area contributed by atoms with Gasteiger partial charge >= 0.3 is 0 Å². The van der Waals surface area contributed by atoms with Gasteiger partial charge in [-0.1, -0.05) is 36.7 Å². The average Bonchev–Trinajstić information content (AvgIpc) is 2.96. The molecular formula is C15H20ClN5O. The van der Waals surface area contributed by atoms with Crippen molar-refractivity contribution in [2.45, 2.75) is 32.5 Å². The maximum Gasteiger partial charge on any atom is 0.165 e. The summed E-state index contributed by atoms with van der Waals surface area (Å²) >= 11 is 6.28. The fourth-order valence-electron chi connectivity index (χ4n) is 2.69. The fraction of sp³-hybridized carbons (Fsp3) is 0.533. The molecule has 1 aliphatic heterocycles. The van der Waals surface area contributed by atoms with E-state index in [9.17, 15) is 0 Å². The van der Waals surface area contributed by atoms with E-state index in [1.54, 1.807) is 0 Å². The Balaban J connectivity index is 1.68. The lowest BCUT2D eigenvalue weighted by Crippen LogP contribution is -2.38. The van der Waals surface area contributed by atoms with Gasteiger partial charge in [-0.05, 0) is 22.9 Å². The molecule has 7 heteroatoms. The number of rotatable bonds is 5. The molecule has 1 aromatic carbocycles. The molecule has 1 fully saturated rings. The molecule has 0 bridgehead atoms. The van der Waals surface area contributed by atoms with Crippen LogP contribution in [-0.2, 0) is 17.8 Å².